The Morgan fingerprint density at radius 2 is 2.21 bits per heavy atom. The van der Waals surface area contributed by atoms with Gasteiger partial charge in [0.2, 0.25) is 0 Å². The summed E-state index contributed by atoms with van der Waals surface area (Å²) in [6.07, 6.45) is 4.10. The van der Waals surface area contributed by atoms with Gasteiger partial charge in [0.15, 0.2) is 5.82 Å². The Morgan fingerprint density at radius 3 is 2.83 bits per heavy atom. The van der Waals surface area contributed by atoms with Crippen molar-refractivity contribution in [3.63, 3.8) is 0 Å². The number of amides is 2. The molecule has 0 saturated carbocycles. The van der Waals surface area contributed by atoms with E-state index in [0.29, 0.717) is 6.54 Å². The number of carbonyl (C=O) groups excluding carboxylic acids is 1. The lowest BCUT2D eigenvalue weighted by Gasteiger charge is -2.27. The number of nitrogens with one attached hydrogen (secondary N) is 2. The summed E-state index contributed by atoms with van der Waals surface area (Å²) < 4.78 is 1.81. The van der Waals surface area contributed by atoms with E-state index >= 15 is 0 Å². The third-order valence-electron chi connectivity index (χ3n) is 4.39. The quantitative estimate of drug-likeness (QED) is 0.838. The van der Waals surface area contributed by atoms with Crippen LogP contribution in [-0.4, -0.2) is 45.3 Å². The summed E-state index contributed by atoms with van der Waals surface area (Å²) in [5.74, 6) is 0.736. The molecule has 2 amide bonds. The first-order valence-corrected chi connectivity index (χ1v) is 9.19. The molecule has 0 radical (unpaired) electrons. The smallest absolute Gasteiger partial charge is 0.315 e. The van der Waals surface area contributed by atoms with Gasteiger partial charge in [-0.25, -0.2) is 4.79 Å². The first-order valence-electron chi connectivity index (χ1n) is 8.31. The van der Waals surface area contributed by atoms with E-state index in [0.717, 1.165) is 18.9 Å². The lowest BCUT2D eigenvalue weighted by molar-refractivity contribution is 0.220. The summed E-state index contributed by atoms with van der Waals surface area (Å²) in [6.45, 7) is 4.71. The first-order chi connectivity index (χ1) is 11.6. The van der Waals surface area contributed by atoms with Crippen LogP contribution in [0.25, 0.3) is 0 Å². The molecule has 0 aromatic carbocycles. The SMILES string of the molecule is C[C@H](NC(=O)NC[C@@H](c1cccs1)N1CCCC1)c1nncn1C. The molecule has 2 aromatic heterocycles. The van der Waals surface area contributed by atoms with Crippen molar-refractivity contribution >= 4 is 17.4 Å². The lowest BCUT2D eigenvalue weighted by Crippen LogP contribution is -2.42. The van der Waals surface area contributed by atoms with Crippen molar-refractivity contribution < 1.29 is 4.79 Å². The van der Waals surface area contributed by atoms with E-state index < -0.39 is 0 Å². The molecule has 3 heterocycles. The molecule has 0 unspecified atom stereocenters. The maximum atomic E-state index is 12.3. The summed E-state index contributed by atoms with van der Waals surface area (Å²) in [6, 6.07) is 4.11. The Kier molecular flexibility index (Phi) is 5.47. The average Bonchev–Trinajstić information content (AvgIpc) is 3.29. The van der Waals surface area contributed by atoms with Gasteiger partial charge in [0.1, 0.15) is 6.33 Å². The molecular formula is C16H24N6OS. The maximum absolute atomic E-state index is 12.3. The molecule has 0 aliphatic carbocycles. The van der Waals surface area contributed by atoms with Crippen LogP contribution in [0.4, 0.5) is 4.79 Å². The van der Waals surface area contributed by atoms with E-state index in [4.69, 9.17) is 0 Å². The van der Waals surface area contributed by atoms with E-state index in [9.17, 15) is 4.79 Å². The van der Waals surface area contributed by atoms with Gasteiger partial charge in [-0.3, -0.25) is 4.90 Å². The van der Waals surface area contributed by atoms with Crippen LogP contribution in [-0.2, 0) is 7.05 Å². The molecule has 1 fully saturated rings. The second-order valence-corrected chi connectivity index (χ2v) is 7.13. The van der Waals surface area contributed by atoms with Crippen molar-refractivity contribution in [3.05, 3.63) is 34.5 Å². The Labute approximate surface area is 146 Å². The van der Waals surface area contributed by atoms with Crippen molar-refractivity contribution in [1.29, 1.82) is 0 Å². The number of hydrogen-bond acceptors (Lipinski definition) is 5. The highest BCUT2D eigenvalue weighted by Gasteiger charge is 2.25. The predicted molar refractivity (Wildman–Crippen MR) is 93.8 cm³/mol. The number of likely N-dealkylation sites (tertiary alicyclic amines) is 1. The fourth-order valence-electron chi connectivity index (χ4n) is 3.13. The molecule has 3 rings (SSSR count). The maximum Gasteiger partial charge on any atom is 0.315 e. The minimum absolute atomic E-state index is 0.175. The minimum atomic E-state index is -0.190. The number of thiophene rings is 1. The normalized spacial score (nSPS) is 17.6. The fraction of sp³-hybridized carbons (Fsp3) is 0.562. The van der Waals surface area contributed by atoms with Crippen LogP contribution in [0.1, 0.15) is 42.6 Å². The Bertz CT molecular complexity index is 649. The van der Waals surface area contributed by atoms with Gasteiger partial charge in [0.25, 0.3) is 0 Å². The zero-order valence-electron chi connectivity index (χ0n) is 14.1. The molecule has 2 N–H and O–H groups in total. The number of hydrogen-bond donors (Lipinski definition) is 2. The van der Waals surface area contributed by atoms with Crippen LogP contribution in [0.15, 0.2) is 23.8 Å². The third-order valence-corrected chi connectivity index (χ3v) is 5.36. The van der Waals surface area contributed by atoms with E-state index in [1.807, 2.05) is 18.5 Å². The largest absolute Gasteiger partial charge is 0.336 e. The van der Waals surface area contributed by atoms with Gasteiger partial charge < -0.3 is 15.2 Å². The van der Waals surface area contributed by atoms with Crippen LogP contribution < -0.4 is 10.6 Å². The van der Waals surface area contributed by atoms with E-state index in [2.05, 4.69) is 43.2 Å². The topological polar surface area (TPSA) is 75.1 Å². The van der Waals surface area contributed by atoms with Gasteiger partial charge >= 0.3 is 6.03 Å². The van der Waals surface area contributed by atoms with Gasteiger partial charge in [0, 0.05) is 18.5 Å². The van der Waals surface area contributed by atoms with Crippen LogP contribution in [0.3, 0.4) is 0 Å². The number of urea groups is 1. The van der Waals surface area contributed by atoms with Crippen molar-refractivity contribution in [2.75, 3.05) is 19.6 Å². The molecule has 8 heteroatoms. The molecule has 2 atom stereocenters. The van der Waals surface area contributed by atoms with Crippen molar-refractivity contribution in [1.82, 2.24) is 30.3 Å². The third kappa shape index (κ3) is 3.93. The van der Waals surface area contributed by atoms with Gasteiger partial charge in [0.05, 0.1) is 12.1 Å². The summed E-state index contributed by atoms with van der Waals surface area (Å²) in [5, 5.41) is 15.9. The standard InChI is InChI=1S/C16H24N6OS/c1-12(15-20-18-11-21(15)2)19-16(23)17-10-13(14-6-5-9-24-14)22-7-3-4-8-22/h5-6,9,11-13H,3-4,7-8,10H2,1-2H3,(H2,17,19,23)/t12-,13-/m0/s1. The summed E-state index contributed by atoms with van der Waals surface area (Å²) in [7, 11) is 1.87. The summed E-state index contributed by atoms with van der Waals surface area (Å²) >= 11 is 1.75. The van der Waals surface area contributed by atoms with Crippen molar-refractivity contribution in [3.8, 4) is 0 Å². The first kappa shape index (κ1) is 16.9. The Morgan fingerprint density at radius 1 is 1.42 bits per heavy atom. The Balaban J connectivity index is 1.56. The van der Waals surface area contributed by atoms with Crippen LogP contribution in [0.5, 0.6) is 0 Å². The minimum Gasteiger partial charge on any atom is -0.336 e. The van der Waals surface area contributed by atoms with Gasteiger partial charge in [-0.2, -0.15) is 0 Å². The second kappa shape index (κ2) is 7.76. The highest BCUT2D eigenvalue weighted by Crippen LogP contribution is 2.27. The molecule has 1 aliphatic heterocycles. The molecule has 7 nitrogen and oxygen atoms in total. The summed E-state index contributed by atoms with van der Waals surface area (Å²) in [4.78, 5) is 16.0. The molecule has 130 valence electrons. The van der Waals surface area contributed by atoms with E-state index in [-0.39, 0.29) is 18.1 Å². The second-order valence-electron chi connectivity index (χ2n) is 6.15. The summed E-state index contributed by atoms with van der Waals surface area (Å²) in [5.41, 5.74) is 0. The molecule has 0 bridgehead atoms. The molecule has 24 heavy (non-hydrogen) atoms. The zero-order chi connectivity index (χ0) is 16.9. The molecule has 1 saturated heterocycles. The number of carbonyl (C=O) groups is 1. The number of aryl methyl sites for hydroxylation is 1. The molecule has 0 spiro atoms. The monoisotopic (exact) mass is 348 g/mol. The van der Waals surface area contributed by atoms with Crippen LogP contribution >= 0.6 is 11.3 Å². The number of aromatic nitrogens is 3. The lowest BCUT2D eigenvalue weighted by atomic mass is 10.2. The zero-order valence-corrected chi connectivity index (χ0v) is 14.9. The Hall–Kier alpha value is -1.93. The molecular weight excluding hydrogens is 324 g/mol. The van der Waals surface area contributed by atoms with Crippen LogP contribution in [0.2, 0.25) is 0 Å². The average molecular weight is 348 g/mol. The van der Waals surface area contributed by atoms with E-state index in [1.165, 1.54) is 17.7 Å². The van der Waals surface area contributed by atoms with Crippen LogP contribution in [0, 0.1) is 0 Å². The molecule has 2 aromatic rings. The van der Waals surface area contributed by atoms with Gasteiger partial charge in [-0.15, -0.1) is 21.5 Å². The van der Waals surface area contributed by atoms with E-state index in [1.54, 1.807) is 17.7 Å². The number of rotatable bonds is 6. The van der Waals surface area contributed by atoms with Gasteiger partial charge in [-0.05, 0) is 44.3 Å². The number of nitrogens with zero attached hydrogens (tertiary/aromatic N) is 4. The predicted octanol–water partition coefficient (Wildman–Crippen LogP) is 2.07. The van der Waals surface area contributed by atoms with Crippen molar-refractivity contribution in [2.45, 2.75) is 31.8 Å². The van der Waals surface area contributed by atoms with Gasteiger partial charge in [-0.1, -0.05) is 6.07 Å². The highest BCUT2D eigenvalue weighted by atomic mass is 32.1. The van der Waals surface area contributed by atoms with Crippen molar-refractivity contribution in [2.24, 2.45) is 7.05 Å². The molecule has 1 aliphatic rings. The fourth-order valence-corrected chi connectivity index (χ4v) is 3.99. The highest BCUT2D eigenvalue weighted by molar-refractivity contribution is 7.10.